The highest BCUT2D eigenvalue weighted by molar-refractivity contribution is 6.36. The quantitative estimate of drug-likeness (QED) is 0.418. The molecule has 4 rings (SSSR count). The average molecular weight is 482 g/mol. The lowest BCUT2D eigenvalue weighted by atomic mass is 10.1. The van der Waals surface area contributed by atoms with E-state index in [1.165, 1.54) is 12.1 Å². The maximum atomic E-state index is 12.6. The summed E-state index contributed by atoms with van der Waals surface area (Å²) >= 11 is 11.9. The molecule has 0 saturated heterocycles. The van der Waals surface area contributed by atoms with Gasteiger partial charge < -0.3 is 10.6 Å². The molecule has 0 saturated carbocycles. The minimum atomic E-state index is -0.473. The topological polar surface area (TPSA) is 88.9 Å². The Kier molecular flexibility index (Phi) is 6.35. The fraction of sp³-hybridized carbons (Fsp3) is 0.167. The molecule has 4 aromatic rings. The van der Waals surface area contributed by atoms with Crippen molar-refractivity contribution in [2.75, 3.05) is 11.9 Å². The second-order valence-electron chi connectivity index (χ2n) is 7.71. The molecule has 0 radical (unpaired) electrons. The summed E-state index contributed by atoms with van der Waals surface area (Å²) in [4.78, 5) is 29.7. The normalized spacial score (nSPS) is 10.9. The molecule has 168 valence electrons. The first-order valence-corrected chi connectivity index (χ1v) is 11.0. The van der Waals surface area contributed by atoms with Gasteiger partial charge in [0.2, 0.25) is 5.91 Å². The molecule has 0 aliphatic heterocycles. The van der Waals surface area contributed by atoms with Crippen LogP contribution in [0.2, 0.25) is 10.0 Å². The van der Waals surface area contributed by atoms with Crippen molar-refractivity contribution in [3.05, 3.63) is 81.0 Å². The van der Waals surface area contributed by atoms with Crippen molar-refractivity contribution < 1.29 is 9.59 Å². The number of nitrogens with one attached hydrogen (secondary N) is 2. The predicted octanol–water partition coefficient (Wildman–Crippen LogP) is 5.02. The minimum absolute atomic E-state index is 0.210. The zero-order valence-corrected chi connectivity index (χ0v) is 19.8. The van der Waals surface area contributed by atoms with Crippen LogP contribution in [0.5, 0.6) is 0 Å². The molecule has 0 unspecified atom stereocenters. The number of benzene rings is 2. The van der Waals surface area contributed by atoms with Gasteiger partial charge in [-0.3, -0.25) is 9.59 Å². The fourth-order valence-electron chi connectivity index (χ4n) is 3.53. The van der Waals surface area contributed by atoms with Crippen LogP contribution >= 0.6 is 23.2 Å². The largest absolute Gasteiger partial charge is 0.343 e. The lowest BCUT2D eigenvalue weighted by molar-refractivity contribution is -0.115. The number of fused-ring (bicyclic) bond motifs is 1. The van der Waals surface area contributed by atoms with Gasteiger partial charge in [-0.05, 0) is 56.2 Å². The second kappa shape index (κ2) is 9.21. The highest BCUT2D eigenvalue weighted by atomic mass is 35.5. The van der Waals surface area contributed by atoms with E-state index in [-0.39, 0.29) is 17.1 Å². The predicted molar refractivity (Wildman–Crippen MR) is 131 cm³/mol. The van der Waals surface area contributed by atoms with Gasteiger partial charge >= 0.3 is 0 Å². The molecule has 9 heteroatoms. The molecule has 33 heavy (non-hydrogen) atoms. The Balaban J connectivity index is 1.53. The summed E-state index contributed by atoms with van der Waals surface area (Å²) in [6.45, 7) is 5.60. The first-order valence-electron chi connectivity index (χ1n) is 10.2. The van der Waals surface area contributed by atoms with E-state index in [0.29, 0.717) is 22.4 Å². The molecule has 2 aromatic carbocycles. The van der Waals surface area contributed by atoms with Gasteiger partial charge in [-0.25, -0.2) is 4.98 Å². The Morgan fingerprint density at radius 3 is 2.55 bits per heavy atom. The highest BCUT2D eigenvalue weighted by Gasteiger charge is 2.16. The number of nitrogens with zero attached hydrogens (tertiary/aromatic N) is 3. The number of hydrogen-bond donors (Lipinski definition) is 2. The lowest BCUT2D eigenvalue weighted by Gasteiger charge is -2.12. The standard InChI is InChI=1S/C24H21Cl2N5O2/c1-13-5-4-6-17-14(2)9-20(29-23(13)17)31-21(10-15(3)30-31)28-22(32)12-27-24(33)18-8-7-16(25)11-19(18)26/h4-11H,12H2,1-3H3,(H,27,33)(H,28,32). The number of hydrogen-bond acceptors (Lipinski definition) is 4. The summed E-state index contributed by atoms with van der Waals surface area (Å²) in [6, 6.07) is 14.2. The summed E-state index contributed by atoms with van der Waals surface area (Å²) in [5, 5.41) is 11.6. The van der Waals surface area contributed by atoms with Gasteiger partial charge in [-0.1, -0.05) is 41.4 Å². The van der Waals surface area contributed by atoms with Gasteiger partial charge in [-0.2, -0.15) is 9.78 Å². The van der Waals surface area contributed by atoms with E-state index >= 15 is 0 Å². The van der Waals surface area contributed by atoms with E-state index in [9.17, 15) is 9.59 Å². The molecule has 0 spiro atoms. The van der Waals surface area contributed by atoms with E-state index < -0.39 is 11.8 Å². The third-order valence-corrected chi connectivity index (χ3v) is 5.68. The van der Waals surface area contributed by atoms with Crippen LogP contribution in [0.15, 0.2) is 48.5 Å². The maximum absolute atomic E-state index is 12.6. The van der Waals surface area contributed by atoms with Crippen LogP contribution in [-0.2, 0) is 4.79 Å². The molecule has 0 atom stereocenters. The Bertz CT molecular complexity index is 1400. The summed E-state index contributed by atoms with van der Waals surface area (Å²) < 4.78 is 1.59. The number of amides is 2. The smallest absolute Gasteiger partial charge is 0.253 e. The molecule has 2 amide bonds. The molecule has 2 N–H and O–H groups in total. The first-order chi connectivity index (χ1) is 15.7. The number of halogens is 2. The average Bonchev–Trinajstić information content (AvgIpc) is 3.12. The van der Waals surface area contributed by atoms with Gasteiger partial charge in [0, 0.05) is 16.5 Å². The summed E-state index contributed by atoms with van der Waals surface area (Å²) in [5.74, 6) is 0.160. The number of anilines is 1. The zero-order valence-electron chi connectivity index (χ0n) is 18.2. The summed E-state index contributed by atoms with van der Waals surface area (Å²) in [5.41, 5.74) is 3.93. The summed E-state index contributed by atoms with van der Waals surface area (Å²) in [7, 11) is 0. The fourth-order valence-corrected chi connectivity index (χ4v) is 4.03. The van der Waals surface area contributed by atoms with Crippen molar-refractivity contribution in [1.29, 1.82) is 0 Å². The molecule has 0 fully saturated rings. The second-order valence-corrected chi connectivity index (χ2v) is 8.55. The van der Waals surface area contributed by atoms with Crippen LogP contribution < -0.4 is 10.6 Å². The Morgan fingerprint density at radius 2 is 1.79 bits per heavy atom. The molecule has 2 aromatic heterocycles. The van der Waals surface area contributed by atoms with Crippen LogP contribution in [0.1, 0.15) is 27.2 Å². The van der Waals surface area contributed by atoms with Crippen LogP contribution in [0.4, 0.5) is 5.82 Å². The van der Waals surface area contributed by atoms with Crippen molar-refractivity contribution in [2.24, 2.45) is 0 Å². The monoisotopic (exact) mass is 481 g/mol. The van der Waals surface area contributed by atoms with Crippen molar-refractivity contribution in [3.8, 4) is 5.82 Å². The van der Waals surface area contributed by atoms with E-state index in [2.05, 4.69) is 15.7 Å². The van der Waals surface area contributed by atoms with E-state index in [1.807, 2.05) is 45.0 Å². The third-order valence-electron chi connectivity index (χ3n) is 5.14. The number of para-hydroxylation sites is 1. The van der Waals surface area contributed by atoms with Gasteiger partial charge in [0.1, 0.15) is 5.82 Å². The summed E-state index contributed by atoms with van der Waals surface area (Å²) in [6.07, 6.45) is 0. The highest BCUT2D eigenvalue weighted by Crippen LogP contribution is 2.24. The molecule has 0 bridgehead atoms. The number of aryl methyl sites for hydroxylation is 3. The van der Waals surface area contributed by atoms with Crippen LogP contribution in [0.3, 0.4) is 0 Å². The Hall–Kier alpha value is -3.42. The third kappa shape index (κ3) is 4.84. The molecule has 0 aliphatic rings. The van der Waals surface area contributed by atoms with Crippen molar-refractivity contribution >= 4 is 51.7 Å². The molecule has 7 nitrogen and oxygen atoms in total. The number of carbonyl (C=O) groups excluding carboxylic acids is 2. The van der Waals surface area contributed by atoms with Crippen LogP contribution in [0.25, 0.3) is 16.7 Å². The maximum Gasteiger partial charge on any atom is 0.253 e. The van der Waals surface area contributed by atoms with Crippen molar-refractivity contribution in [3.63, 3.8) is 0 Å². The van der Waals surface area contributed by atoms with Crippen molar-refractivity contribution in [2.45, 2.75) is 20.8 Å². The van der Waals surface area contributed by atoms with E-state index in [1.54, 1.807) is 16.8 Å². The number of pyridine rings is 1. The number of rotatable bonds is 5. The molecule has 0 aliphatic carbocycles. The van der Waals surface area contributed by atoms with Gasteiger partial charge in [0.05, 0.1) is 28.3 Å². The lowest BCUT2D eigenvalue weighted by Crippen LogP contribution is -2.33. The van der Waals surface area contributed by atoms with Gasteiger partial charge in [0.25, 0.3) is 5.91 Å². The molecular weight excluding hydrogens is 461 g/mol. The Labute approximate surface area is 200 Å². The minimum Gasteiger partial charge on any atom is -0.343 e. The number of carbonyl (C=O) groups is 2. The molecule has 2 heterocycles. The van der Waals surface area contributed by atoms with Gasteiger partial charge in [0.15, 0.2) is 5.82 Å². The zero-order chi connectivity index (χ0) is 23.7. The van der Waals surface area contributed by atoms with E-state index in [4.69, 9.17) is 28.2 Å². The number of aromatic nitrogens is 3. The van der Waals surface area contributed by atoms with Crippen LogP contribution in [-0.4, -0.2) is 33.1 Å². The first kappa shape index (κ1) is 22.8. The van der Waals surface area contributed by atoms with E-state index in [0.717, 1.165) is 22.0 Å². The molecular formula is C24H21Cl2N5O2. The SMILES string of the molecule is Cc1cc(NC(=O)CNC(=O)c2ccc(Cl)cc2Cl)n(-c2cc(C)c3cccc(C)c3n2)n1. The van der Waals surface area contributed by atoms with Crippen LogP contribution in [0, 0.1) is 20.8 Å². The van der Waals surface area contributed by atoms with Crippen molar-refractivity contribution in [1.82, 2.24) is 20.1 Å². The van der Waals surface area contributed by atoms with Gasteiger partial charge in [-0.15, -0.1) is 0 Å². The Morgan fingerprint density at radius 1 is 1.00 bits per heavy atom.